The van der Waals surface area contributed by atoms with Crippen molar-refractivity contribution >= 4 is 15.8 Å². The highest BCUT2D eigenvalue weighted by Crippen LogP contribution is 2.14. The van der Waals surface area contributed by atoms with Crippen molar-refractivity contribution < 1.29 is 18.3 Å². The highest BCUT2D eigenvalue weighted by atomic mass is 32.2. The van der Waals surface area contributed by atoms with Crippen LogP contribution in [0.5, 0.6) is 0 Å². The number of nitrogens with zero attached hydrogens (tertiary/aromatic N) is 2. The number of aliphatic carboxylic acids is 1. The second-order valence-electron chi connectivity index (χ2n) is 4.59. The maximum absolute atomic E-state index is 11.6. The molecular weight excluding hydrogens is 268 g/mol. The summed E-state index contributed by atoms with van der Waals surface area (Å²) in [7, 11) is -3.05. The minimum Gasteiger partial charge on any atom is -0.481 e. The van der Waals surface area contributed by atoms with E-state index in [0.29, 0.717) is 17.7 Å². The van der Waals surface area contributed by atoms with Gasteiger partial charge in [-0.25, -0.2) is 8.42 Å². The number of hydrogen-bond donors (Lipinski definition) is 1. The van der Waals surface area contributed by atoms with Crippen LogP contribution in [0, 0.1) is 13.8 Å². The molecule has 0 aliphatic rings. The van der Waals surface area contributed by atoms with E-state index >= 15 is 0 Å². The molecule has 0 unspecified atom stereocenters. The molecule has 1 rings (SSSR count). The van der Waals surface area contributed by atoms with Crippen LogP contribution in [0.25, 0.3) is 0 Å². The number of carboxylic acids is 1. The zero-order chi connectivity index (χ0) is 14.6. The first kappa shape index (κ1) is 15.7. The van der Waals surface area contributed by atoms with Crippen molar-refractivity contribution in [1.29, 1.82) is 0 Å². The predicted octanol–water partition coefficient (Wildman–Crippen LogP) is 0.952. The molecule has 6 nitrogen and oxygen atoms in total. The topological polar surface area (TPSA) is 89.3 Å². The summed E-state index contributed by atoms with van der Waals surface area (Å²) in [6.07, 6.45) is 0.517. The van der Waals surface area contributed by atoms with E-state index in [2.05, 4.69) is 5.10 Å². The molecule has 0 spiro atoms. The Hall–Kier alpha value is -1.37. The molecule has 0 aliphatic heterocycles. The second-order valence-corrected chi connectivity index (χ2v) is 6.90. The number of carbonyl (C=O) groups is 1. The molecule has 0 aromatic carbocycles. The molecule has 0 radical (unpaired) electrons. The van der Waals surface area contributed by atoms with Crippen LogP contribution in [0.2, 0.25) is 0 Å². The number of hydrogen-bond acceptors (Lipinski definition) is 4. The first-order valence-corrected chi connectivity index (χ1v) is 8.04. The van der Waals surface area contributed by atoms with E-state index < -0.39 is 15.8 Å². The third kappa shape index (κ3) is 4.34. The smallest absolute Gasteiger partial charge is 0.307 e. The number of aromatic nitrogens is 2. The average molecular weight is 288 g/mol. The molecule has 0 amide bonds. The number of sulfone groups is 1. The zero-order valence-corrected chi connectivity index (χ0v) is 12.3. The van der Waals surface area contributed by atoms with Gasteiger partial charge in [0.25, 0.3) is 0 Å². The lowest BCUT2D eigenvalue weighted by Crippen LogP contribution is -2.17. The predicted molar refractivity (Wildman–Crippen MR) is 72.0 cm³/mol. The molecule has 0 aliphatic carbocycles. The third-order valence-electron chi connectivity index (χ3n) is 2.99. The summed E-state index contributed by atoms with van der Waals surface area (Å²) in [5, 5.41) is 13.0. The Morgan fingerprint density at radius 1 is 1.32 bits per heavy atom. The molecular formula is C12H20N2O4S. The van der Waals surface area contributed by atoms with Crippen LogP contribution in [-0.2, 0) is 27.6 Å². The molecule has 0 bridgehead atoms. The van der Waals surface area contributed by atoms with Crippen LogP contribution in [0.1, 0.15) is 30.3 Å². The monoisotopic (exact) mass is 288 g/mol. The van der Waals surface area contributed by atoms with Gasteiger partial charge < -0.3 is 5.11 Å². The third-order valence-corrected chi connectivity index (χ3v) is 4.82. The highest BCUT2D eigenvalue weighted by Gasteiger charge is 2.16. The number of carboxylic acid groups (broad SMARTS) is 1. The van der Waals surface area contributed by atoms with E-state index in [1.807, 2.05) is 6.92 Å². The maximum atomic E-state index is 11.6. The van der Waals surface area contributed by atoms with Gasteiger partial charge in [0.15, 0.2) is 9.84 Å². The fourth-order valence-corrected chi connectivity index (χ4v) is 3.27. The summed E-state index contributed by atoms with van der Waals surface area (Å²) >= 11 is 0. The van der Waals surface area contributed by atoms with Crippen molar-refractivity contribution in [3.05, 3.63) is 17.0 Å². The standard InChI is InChI=1S/C12H20N2O4S/c1-4-6-19(17,18)7-5-14-10(3)11(8-12(15)16)9(2)13-14/h4-8H2,1-3H3,(H,15,16). The molecule has 0 fully saturated rings. The Morgan fingerprint density at radius 3 is 2.47 bits per heavy atom. The fourth-order valence-electron chi connectivity index (χ4n) is 2.00. The molecule has 19 heavy (non-hydrogen) atoms. The lowest BCUT2D eigenvalue weighted by atomic mass is 10.1. The van der Waals surface area contributed by atoms with E-state index in [1.54, 1.807) is 18.5 Å². The Labute approximate surface area is 113 Å². The van der Waals surface area contributed by atoms with Gasteiger partial charge in [0, 0.05) is 17.0 Å². The van der Waals surface area contributed by atoms with E-state index in [9.17, 15) is 13.2 Å². The number of rotatable bonds is 7. The van der Waals surface area contributed by atoms with Gasteiger partial charge in [-0.2, -0.15) is 5.10 Å². The van der Waals surface area contributed by atoms with E-state index in [1.165, 1.54) is 0 Å². The zero-order valence-electron chi connectivity index (χ0n) is 11.5. The van der Waals surface area contributed by atoms with E-state index in [4.69, 9.17) is 5.11 Å². The van der Waals surface area contributed by atoms with Crippen molar-refractivity contribution in [2.24, 2.45) is 0 Å². The lowest BCUT2D eigenvalue weighted by molar-refractivity contribution is -0.136. The minimum atomic E-state index is -3.05. The molecule has 108 valence electrons. The number of aryl methyl sites for hydroxylation is 2. The summed E-state index contributed by atoms with van der Waals surface area (Å²) < 4.78 is 24.9. The minimum absolute atomic E-state index is 0.0370. The lowest BCUT2D eigenvalue weighted by Gasteiger charge is -2.05. The van der Waals surface area contributed by atoms with Crippen molar-refractivity contribution in [2.75, 3.05) is 11.5 Å². The Balaban J connectivity index is 2.83. The summed E-state index contributed by atoms with van der Waals surface area (Å²) in [6.45, 7) is 5.60. The largest absolute Gasteiger partial charge is 0.481 e. The van der Waals surface area contributed by atoms with Crippen molar-refractivity contribution in [3.63, 3.8) is 0 Å². The van der Waals surface area contributed by atoms with Crippen molar-refractivity contribution in [3.8, 4) is 0 Å². The molecule has 0 saturated carbocycles. The van der Waals surface area contributed by atoms with Gasteiger partial charge in [-0.1, -0.05) is 6.92 Å². The first-order chi connectivity index (χ1) is 8.76. The first-order valence-electron chi connectivity index (χ1n) is 6.22. The Bertz CT molecular complexity index is 561. The summed E-state index contributed by atoms with van der Waals surface area (Å²) in [5.41, 5.74) is 2.04. The van der Waals surface area contributed by atoms with Crippen molar-refractivity contribution in [2.45, 2.75) is 40.2 Å². The van der Waals surface area contributed by atoms with E-state index in [-0.39, 0.29) is 24.5 Å². The summed E-state index contributed by atoms with van der Waals surface area (Å²) in [4.78, 5) is 10.8. The SMILES string of the molecule is CCCS(=O)(=O)CCn1nc(C)c(CC(=O)O)c1C. The van der Waals surface area contributed by atoms with Gasteiger partial charge in [-0.05, 0) is 20.3 Å². The van der Waals surface area contributed by atoms with Gasteiger partial charge in [-0.3, -0.25) is 9.48 Å². The van der Waals surface area contributed by atoms with Gasteiger partial charge in [-0.15, -0.1) is 0 Å². The van der Waals surface area contributed by atoms with Gasteiger partial charge in [0.1, 0.15) is 0 Å². The quantitative estimate of drug-likeness (QED) is 0.807. The molecule has 7 heteroatoms. The van der Waals surface area contributed by atoms with Crippen LogP contribution in [0.3, 0.4) is 0 Å². The van der Waals surface area contributed by atoms with Crippen LogP contribution in [-0.4, -0.2) is 40.8 Å². The van der Waals surface area contributed by atoms with Gasteiger partial charge >= 0.3 is 5.97 Å². The maximum Gasteiger partial charge on any atom is 0.307 e. The van der Waals surface area contributed by atoms with Crippen LogP contribution in [0.4, 0.5) is 0 Å². The normalized spacial score (nSPS) is 11.7. The average Bonchev–Trinajstić information content (AvgIpc) is 2.54. The van der Waals surface area contributed by atoms with Gasteiger partial charge in [0.05, 0.1) is 24.4 Å². The molecule has 1 aromatic rings. The van der Waals surface area contributed by atoms with Crippen molar-refractivity contribution in [1.82, 2.24) is 9.78 Å². The molecule has 1 aromatic heterocycles. The molecule has 0 saturated heterocycles. The van der Waals surface area contributed by atoms with Gasteiger partial charge in [0.2, 0.25) is 0 Å². The summed E-state index contributed by atoms with van der Waals surface area (Å²) in [6, 6.07) is 0. The highest BCUT2D eigenvalue weighted by molar-refractivity contribution is 7.91. The molecule has 0 atom stereocenters. The van der Waals surface area contributed by atoms with Crippen LogP contribution in [0.15, 0.2) is 0 Å². The van der Waals surface area contributed by atoms with Crippen LogP contribution < -0.4 is 0 Å². The summed E-state index contributed by atoms with van der Waals surface area (Å²) in [5.74, 6) is -0.701. The van der Waals surface area contributed by atoms with Crippen LogP contribution >= 0.6 is 0 Å². The Kier molecular flexibility index (Phi) is 5.11. The fraction of sp³-hybridized carbons (Fsp3) is 0.667. The van der Waals surface area contributed by atoms with E-state index in [0.717, 1.165) is 5.69 Å². The Morgan fingerprint density at radius 2 is 1.95 bits per heavy atom. The molecule has 1 N–H and O–H groups in total. The second kappa shape index (κ2) is 6.18. The molecule has 1 heterocycles.